The molecule has 1 saturated heterocycles. The molecule has 0 N–H and O–H groups in total. The van der Waals surface area contributed by atoms with Gasteiger partial charge in [-0.05, 0) is 45.9 Å². The number of aromatic nitrogens is 1. The first kappa shape index (κ1) is 23.2. The first-order chi connectivity index (χ1) is 15.5. The molecule has 33 heavy (non-hydrogen) atoms. The van der Waals surface area contributed by atoms with E-state index in [1.54, 1.807) is 29.2 Å². The molecule has 0 spiro atoms. The zero-order chi connectivity index (χ0) is 24.0. The van der Waals surface area contributed by atoms with Crippen molar-refractivity contribution in [1.82, 2.24) is 9.47 Å². The smallest absolute Gasteiger partial charge is 0.410 e. The fourth-order valence-electron chi connectivity index (χ4n) is 4.35. The van der Waals surface area contributed by atoms with Crippen molar-refractivity contribution in [3.05, 3.63) is 54.2 Å². The van der Waals surface area contributed by atoms with E-state index in [1.807, 2.05) is 63.6 Å². The Morgan fingerprint density at radius 2 is 1.58 bits per heavy atom. The first-order valence-electron chi connectivity index (χ1n) is 11.1. The molecule has 1 fully saturated rings. The van der Waals surface area contributed by atoms with Crippen molar-refractivity contribution >= 4 is 32.5 Å². The molecule has 0 radical (unpaired) electrons. The number of piperazine rings is 1. The second-order valence-electron chi connectivity index (χ2n) is 9.42. The predicted octanol–water partition coefficient (Wildman–Crippen LogP) is 4.38. The van der Waals surface area contributed by atoms with Crippen molar-refractivity contribution in [3.63, 3.8) is 0 Å². The van der Waals surface area contributed by atoms with Gasteiger partial charge in [-0.1, -0.05) is 30.3 Å². The van der Waals surface area contributed by atoms with E-state index in [0.29, 0.717) is 42.2 Å². The lowest BCUT2D eigenvalue weighted by molar-refractivity contribution is 0.0240. The summed E-state index contributed by atoms with van der Waals surface area (Å²) in [4.78, 5) is 17.0. The summed E-state index contributed by atoms with van der Waals surface area (Å²) in [6.07, 6.45) is -0.300. The zero-order valence-corrected chi connectivity index (χ0v) is 20.6. The highest BCUT2D eigenvalue weighted by Crippen LogP contribution is 2.38. The van der Waals surface area contributed by atoms with Gasteiger partial charge in [0.1, 0.15) is 10.5 Å². The second-order valence-corrected chi connectivity index (χ2v) is 11.3. The number of benzene rings is 2. The molecule has 0 bridgehead atoms. The topological polar surface area (TPSA) is 71.8 Å². The number of para-hydroxylation sites is 1. The Morgan fingerprint density at radius 1 is 0.939 bits per heavy atom. The van der Waals surface area contributed by atoms with Crippen molar-refractivity contribution in [3.8, 4) is 0 Å². The van der Waals surface area contributed by atoms with E-state index in [4.69, 9.17) is 4.74 Å². The fraction of sp³-hybridized carbons (Fsp3) is 0.400. The van der Waals surface area contributed by atoms with Crippen molar-refractivity contribution < 1.29 is 17.9 Å². The third-order valence-corrected chi connectivity index (χ3v) is 7.97. The van der Waals surface area contributed by atoms with Crippen LogP contribution in [-0.2, 0) is 21.6 Å². The average molecular weight is 470 g/mol. The fourth-order valence-corrected chi connectivity index (χ4v) is 6.08. The molecule has 0 saturated carbocycles. The number of hydrogen-bond acceptors (Lipinski definition) is 5. The summed E-state index contributed by atoms with van der Waals surface area (Å²) in [5, 5.41) is 0.714. The zero-order valence-electron chi connectivity index (χ0n) is 19.8. The van der Waals surface area contributed by atoms with E-state index in [0.717, 1.165) is 11.2 Å². The molecule has 3 aromatic rings. The number of carbonyl (C=O) groups is 1. The van der Waals surface area contributed by atoms with Crippen LogP contribution in [0.25, 0.3) is 10.9 Å². The number of aryl methyl sites for hydroxylation is 1. The van der Waals surface area contributed by atoms with Crippen molar-refractivity contribution in [2.45, 2.75) is 43.1 Å². The van der Waals surface area contributed by atoms with E-state index < -0.39 is 15.4 Å². The molecule has 1 aromatic heterocycles. The molecule has 0 unspecified atom stereocenters. The summed E-state index contributed by atoms with van der Waals surface area (Å²) in [6, 6.07) is 14.3. The Bertz CT molecular complexity index is 1280. The van der Waals surface area contributed by atoms with Crippen LogP contribution >= 0.6 is 0 Å². The number of sulfone groups is 1. The van der Waals surface area contributed by atoms with Gasteiger partial charge in [-0.2, -0.15) is 0 Å². The van der Waals surface area contributed by atoms with E-state index in [-0.39, 0.29) is 11.0 Å². The quantitative estimate of drug-likeness (QED) is 0.569. The van der Waals surface area contributed by atoms with Crippen molar-refractivity contribution in [2.75, 3.05) is 31.1 Å². The summed E-state index contributed by atoms with van der Waals surface area (Å²) in [6.45, 7) is 9.81. The van der Waals surface area contributed by atoms with Crippen molar-refractivity contribution in [2.24, 2.45) is 7.05 Å². The lowest BCUT2D eigenvalue weighted by Crippen LogP contribution is -2.50. The SMILES string of the molecule is Cc1c(S(=O)(=O)c2ccccc2)c2cccc(N3CCN(C(=O)OC(C)(C)C)CC3)c2n1C. The third kappa shape index (κ3) is 4.31. The molecule has 8 heteroatoms. The molecular formula is C25H31N3O4S. The second kappa shape index (κ2) is 8.41. The maximum absolute atomic E-state index is 13.5. The Morgan fingerprint density at radius 3 is 2.18 bits per heavy atom. The van der Waals surface area contributed by atoms with Crippen LogP contribution in [0, 0.1) is 6.92 Å². The molecule has 0 aliphatic carbocycles. The Hall–Kier alpha value is -3.00. The maximum Gasteiger partial charge on any atom is 0.410 e. The molecule has 176 valence electrons. The van der Waals surface area contributed by atoms with E-state index in [1.165, 1.54) is 0 Å². The lowest BCUT2D eigenvalue weighted by atomic mass is 10.2. The molecule has 1 aliphatic rings. The predicted molar refractivity (Wildman–Crippen MR) is 130 cm³/mol. The summed E-state index contributed by atoms with van der Waals surface area (Å²) in [5.74, 6) is 0. The van der Waals surface area contributed by atoms with Crippen LogP contribution in [0.15, 0.2) is 58.3 Å². The van der Waals surface area contributed by atoms with Crippen LogP contribution in [0.3, 0.4) is 0 Å². The van der Waals surface area contributed by atoms with Crippen LogP contribution in [0.5, 0.6) is 0 Å². The van der Waals surface area contributed by atoms with E-state index >= 15 is 0 Å². The molecular weight excluding hydrogens is 438 g/mol. The Balaban J connectivity index is 1.68. The first-order valence-corrected chi connectivity index (χ1v) is 12.6. The van der Waals surface area contributed by atoms with Gasteiger partial charge in [0.25, 0.3) is 0 Å². The molecule has 1 aliphatic heterocycles. The molecule has 7 nitrogen and oxygen atoms in total. The van der Waals surface area contributed by atoms with Gasteiger partial charge in [0.2, 0.25) is 9.84 Å². The van der Waals surface area contributed by atoms with Crippen LogP contribution in [0.4, 0.5) is 10.5 Å². The number of fused-ring (bicyclic) bond motifs is 1. The number of rotatable bonds is 3. The van der Waals surface area contributed by atoms with Gasteiger partial charge >= 0.3 is 6.09 Å². The van der Waals surface area contributed by atoms with Crippen LogP contribution in [-0.4, -0.2) is 55.8 Å². The van der Waals surface area contributed by atoms with Gasteiger partial charge in [0, 0.05) is 44.3 Å². The molecule has 2 aromatic carbocycles. The average Bonchev–Trinajstić information content (AvgIpc) is 3.04. The molecule has 2 heterocycles. The third-order valence-electron chi connectivity index (χ3n) is 6.02. The lowest BCUT2D eigenvalue weighted by Gasteiger charge is -2.37. The highest BCUT2D eigenvalue weighted by atomic mass is 32.2. The molecule has 1 amide bonds. The Kier molecular flexibility index (Phi) is 5.90. The van der Waals surface area contributed by atoms with E-state index in [9.17, 15) is 13.2 Å². The molecule has 4 rings (SSSR count). The summed E-state index contributed by atoms with van der Waals surface area (Å²) < 4.78 is 34.5. The van der Waals surface area contributed by atoms with Gasteiger partial charge in [-0.3, -0.25) is 0 Å². The maximum atomic E-state index is 13.5. The number of amides is 1. The molecule has 0 atom stereocenters. The summed E-state index contributed by atoms with van der Waals surface area (Å²) >= 11 is 0. The number of ether oxygens (including phenoxy) is 1. The van der Waals surface area contributed by atoms with Crippen LogP contribution in [0.2, 0.25) is 0 Å². The number of anilines is 1. The summed E-state index contributed by atoms with van der Waals surface area (Å²) in [5.41, 5.74) is 2.03. The number of carbonyl (C=O) groups excluding carboxylic acids is 1. The summed E-state index contributed by atoms with van der Waals surface area (Å²) in [7, 11) is -1.76. The van der Waals surface area contributed by atoms with Gasteiger partial charge < -0.3 is 19.1 Å². The van der Waals surface area contributed by atoms with Crippen LogP contribution < -0.4 is 4.90 Å². The Labute approximate surface area is 195 Å². The van der Waals surface area contributed by atoms with Gasteiger partial charge in [0.05, 0.1) is 16.1 Å². The minimum absolute atomic E-state index is 0.289. The minimum Gasteiger partial charge on any atom is -0.444 e. The van der Waals surface area contributed by atoms with Gasteiger partial charge in [-0.25, -0.2) is 13.2 Å². The highest BCUT2D eigenvalue weighted by Gasteiger charge is 2.30. The highest BCUT2D eigenvalue weighted by molar-refractivity contribution is 7.91. The standard InChI is InChI=1S/C25H31N3O4S/c1-18-23(33(30,31)19-10-7-6-8-11-19)20-12-9-13-21(22(20)26(18)5)27-14-16-28(17-15-27)24(29)32-25(2,3)4/h6-13H,14-17H2,1-5H3. The number of nitrogens with zero attached hydrogens (tertiary/aromatic N) is 3. The van der Waals surface area contributed by atoms with Crippen LogP contribution in [0.1, 0.15) is 26.5 Å². The normalized spacial score (nSPS) is 15.2. The van der Waals surface area contributed by atoms with Gasteiger partial charge in [0.15, 0.2) is 0 Å². The number of hydrogen-bond donors (Lipinski definition) is 0. The largest absolute Gasteiger partial charge is 0.444 e. The van der Waals surface area contributed by atoms with Crippen molar-refractivity contribution in [1.29, 1.82) is 0 Å². The van der Waals surface area contributed by atoms with E-state index in [2.05, 4.69) is 4.90 Å². The minimum atomic E-state index is -3.67. The van der Waals surface area contributed by atoms with Gasteiger partial charge in [-0.15, -0.1) is 0 Å². The monoisotopic (exact) mass is 469 g/mol.